The van der Waals surface area contributed by atoms with Crippen LogP contribution < -0.4 is 0 Å². The van der Waals surface area contributed by atoms with Crippen molar-refractivity contribution in [3.05, 3.63) is 0 Å². The fourth-order valence-corrected chi connectivity index (χ4v) is 1.03. The van der Waals surface area contributed by atoms with Gasteiger partial charge in [-0.05, 0) is 0 Å². The first-order valence-corrected chi connectivity index (χ1v) is 4.08. The normalized spacial score (nSPS) is 32.5. The Hall–Kier alpha value is -0.160. The van der Waals surface area contributed by atoms with Crippen molar-refractivity contribution in [1.82, 2.24) is 0 Å². The maximum Gasteiger partial charge on any atom is 0.104 e. The van der Waals surface area contributed by atoms with Gasteiger partial charge >= 0.3 is 0 Å². The summed E-state index contributed by atoms with van der Waals surface area (Å²) >= 11 is 0. The molecule has 0 unspecified atom stereocenters. The smallest absolute Gasteiger partial charge is 0.104 e. The standard InChI is InChI=1S/C8H16O4/c1-9-7-3-11-5-8(10-2)6-12-4-7/h7-8H,3-6H2,1-2H3. The lowest BCUT2D eigenvalue weighted by molar-refractivity contribution is -0.113. The molecule has 0 saturated carbocycles. The van der Waals surface area contributed by atoms with E-state index >= 15 is 0 Å². The monoisotopic (exact) mass is 176 g/mol. The van der Waals surface area contributed by atoms with E-state index in [2.05, 4.69) is 0 Å². The highest BCUT2D eigenvalue weighted by molar-refractivity contribution is 4.62. The quantitative estimate of drug-likeness (QED) is 0.596. The van der Waals surface area contributed by atoms with E-state index in [0.717, 1.165) is 0 Å². The molecule has 1 saturated heterocycles. The molecule has 0 aromatic rings. The lowest BCUT2D eigenvalue weighted by atomic mass is 10.3. The summed E-state index contributed by atoms with van der Waals surface area (Å²) in [5.41, 5.74) is 0. The van der Waals surface area contributed by atoms with E-state index in [4.69, 9.17) is 18.9 Å². The Kier molecular flexibility index (Phi) is 4.53. The summed E-state index contributed by atoms with van der Waals surface area (Å²) in [6.07, 6.45) is 0.116. The summed E-state index contributed by atoms with van der Waals surface area (Å²) in [6.45, 7) is 2.32. The predicted octanol–water partition coefficient (Wildman–Crippen LogP) is 0.0632. The number of hydrogen-bond acceptors (Lipinski definition) is 4. The highest BCUT2D eigenvalue weighted by atomic mass is 16.6. The number of hydrogen-bond donors (Lipinski definition) is 0. The minimum absolute atomic E-state index is 0.0582. The van der Waals surface area contributed by atoms with Gasteiger partial charge in [0.25, 0.3) is 0 Å². The fraction of sp³-hybridized carbons (Fsp3) is 1.00. The summed E-state index contributed by atoms with van der Waals surface area (Å²) in [5, 5.41) is 0. The van der Waals surface area contributed by atoms with Crippen LogP contribution in [0.5, 0.6) is 0 Å². The van der Waals surface area contributed by atoms with Crippen LogP contribution in [0, 0.1) is 0 Å². The van der Waals surface area contributed by atoms with Crippen molar-refractivity contribution in [3.8, 4) is 0 Å². The Bertz CT molecular complexity index is 95.6. The van der Waals surface area contributed by atoms with Crippen LogP contribution >= 0.6 is 0 Å². The van der Waals surface area contributed by atoms with Crippen LogP contribution in [-0.4, -0.2) is 52.9 Å². The molecule has 1 heterocycles. The molecule has 72 valence electrons. The molecule has 0 atom stereocenters. The van der Waals surface area contributed by atoms with E-state index in [9.17, 15) is 0 Å². The average Bonchev–Trinajstić information content (AvgIpc) is 2.05. The Morgan fingerprint density at radius 3 is 1.42 bits per heavy atom. The fourth-order valence-electron chi connectivity index (χ4n) is 1.03. The molecule has 0 aromatic carbocycles. The van der Waals surface area contributed by atoms with Gasteiger partial charge in [-0.2, -0.15) is 0 Å². The van der Waals surface area contributed by atoms with Gasteiger partial charge < -0.3 is 18.9 Å². The molecule has 4 heteroatoms. The summed E-state index contributed by atoms with van der Waals surface area (Å²) in [4.78, 5) is 0. The van der Waals surface area contributed by atoms with Gasteiger partial charge in [-0.3, -0.25) is 0 Å². The van der Waals surface area contributed by atoms with Crippen molar-refractivity contribution in [1.29, 1.82) is 0 Å². The van der Waals surface area contributed by atoms with Crippen LogP contribution in [0.25, 0.3) is 0 Å². The van der Waals surface area contributed by atoms with Gasteiger partial charge in [0.1, 0.15) is 12.2 Å². The van der Waals surface area contributed by atoms with E-state index in [1.807, 2.05) is 0 Å². The second-order valence-corrected chi connectivity index (χ2v) is 2.79. The van der Waals surface area contributed by atoms with Gasteiger partial charge in [0, 0.05) is 14.2 Å². The second kappa shape index (κ2) is 5.48. The van der Waals surface area contributed by atoms with Crippen molar-refractivity contribution < 1.29 is 18.9 Å². The van der Waals surface area contributed by atoms with Gasteiger partial charge in [0.2, 0.25) is 0 Å². The minimum atomic E-state index is 0.0582. The van der Waals surface area contributed by atoms with Gasteiger partial charge in [-0.15, -0.1) is 0 Å². The van der Waals surface area contributed by atoms with E-state index in [1.165, 1.54) is 0 Å². The molecule has 1 rings (SSSR count). The van der Waals surface area contributed by atoms with Crippen molar-refractivity contribution in [2.75, 3.05) is 40.6 Å². The number of rotatable bonds is 2. The molecule has 0 radical (unpaired) electrons. The molecule has 0 N–H and O–H groups in total. The number of ether oxygens (including phenoxy) is 4. The first-order chi connectivity index (χ1) is 5.86. The van der Waals surface area contributed by atoms with E-state index in [1.54, 1.807) is 14.2 Å². The van der Waals surface area contributed by atoms with Crippen molar-refractivity contribution >= 4 is 0 Å². The third kappa shape index (κ3) is 3.06. The Morgan fingerprint density at radius 2 is 1.17 bits per heavy atom. The summed E-state index contributed by atoms with van der Waals surface area (Å²) < 4.78 is 20.9. The largest absolute Gasteiger partial charge is 0.377 e. The zero-order chi connectivity index (χ0) is 8.81. The first-order valence-electron chi connectivity index (χ1n) is 4.08. The van der Waals surface area contributed by atoms with Gasteiger partial charge in [-0.25, -0.2) is 0 Å². The van der Waals surface area contributed by atoms with E-state index < -0.39 is 0 Å². The Labute approximate surface area is 72.7 Å². The van der Waals surface area contributed by atoms with Crippen LogP contribution in [0.2, 0.25) is 0 Å². The summed E-state index contributed by atoms with van der Waals surface area (Å²) in [7, 11) is 3.32. The molecule has 0 bridgehead atoms. The molecule has 1 aliphatic rings. The molecular formula is C8H16O4. The lowest BCUT2D eigenvalue weighted by Gasteiger charge is -2.23. The first kappa shape index (κ1) is 9.92. The number of methoxy groups -OCH3 is 2. The maximum absolute atomic E-state index is 5.35. The van der Waals surface area contributed by atoms with E-state index in [0.29, 0.717) is 26.4 Å². The second-order valence-electron chi connectivity index (χ2n) is 2.79. The lowest BCUT2D eigenvalue weighted by Crippen LogP contribution is -2.34. The Morgan fingerprint density at radius 1 is 0.833 bits per heavy atom. The third-order valence-electron chi connectivity index (χ3n) is 1.88. The third-order valence-corrected chi connectivity index (χ3v) is 1.88. The zero-order valence-corrected chi connectivity index (χ0v) is 7.62. The maximum atomic E-state index is 5.35. The van der Waals surface area contributed by atoms with E-state index in [-0.39, 0.29) is 12.2 Å². The van der Waals surface area contributed by atoms with Crippen LogP contribution in [0.3, 0.4) is 0 Å². The molecular weight excluding hydrogens is 160 g/mol. The minimum Gasteiger partial charge on any atom is -0.377 e. The van der Waals surface area contributed by atoms with Crippen LogP contribution in [-0.2, 0) is 18.9 Å². The molecule has 1 aliphatic heterocycles. The van der Waals surface area contributed by atoms with Gasteiger partial charge in [0.15, 0.2) is 0 Å². The zero-order valence-electron chi connectivity index (χ0n) is 7.62. The topological polar surface area (TPSA) is 36.9 Å². The van der Waals surface area contributed by atoms with Crippen molar-refractivity contribution in [2.24, 2.45) is 0 Å². The Balaban J connectivity index is 2.24. The average molecular weight is 176 g/mol. The summed E-state index contributed by atoms with van der Waals surface area (Å²) in [5.74, 6) is 0. The van der Waals surface area contributed by atoms with Crippen molar-refractivity contribution in [2.45, 2.75) is 12.2 Å². The van der Waals surface area contributed by atoms with Gasteiger partial charge in [-0.1, -0.05) is 0 Å². The summed E-state index contributed by atoms with van der Waals surface area (Å²) in [6, 6.07) is 0. The molecule has 12 heavy (non-hydrogen) atoms. The molecule has 0 aromatic heterocycles. The van der Waals surface area contributed by atoms with Crippen LogP contribution in [0.15, 0.2) is 0 Å². The highest BCUT2D eigenvalue weighted by Gasteiger charge is 2.16. The van der Waals surface area contributed by atoms with Crippen molar-refractivity contribution in [3.63, 3.8) is 0 Å². The van der Waals surface area contributed by atoms with Crippen LogP contribution in [0.1, 0.15) is 0 Å². The molecule has 4 nitrogen and oxygen atoms in total. The van der Waals surface area contributed by atoms with Crippen LogP contribution in [0.4, 0.5) is 0 Å². The highest BCUT2D eigenvalue weighted by Crippen LogP contribution is 2.02. The molecule has 0 amide bonds. The molecule has 0 spiro atoms. The molecule has 0 aliphatic carbocycles. The molecule has 1 fully saturated rings. The SMILES string of the molecule is COC1COCC(OC)COC1. The van der Waals surface area contributed by atoms with Gasteiger partial charge in [0.05, 0.1) is 26.4 Å². The predicted molar refractivity (Wildman–Crippen MR) is 43.2 cm³/mol.